The fourth-order valence-corrected chi connectivity index (χ4v) is 3.29. The normalized spacial score (nSPS) is 11.2. The van der Waals surface area contributed by atoms with Gasteiger partial charge in [0.15, 0.2) is 0 Å². The molecule has 23 heavy (non-hydrogen) atoms. The molecule has 0 aliphatic heterocycles. The molecule has 0 saturated carbocycles. The van der Waals surface area contributed by atoms with Crippen molar-refractivity contribution < 1.29 is 0 Å². The maximum absolute atomic E-state index is 4.54. The summed E-state index contributed by atoms with van der Waals surface area (Å²) in [6.07, 6.45) is 23.6. The lowest BCUT2D eigenvalue weighted by atomic mass is 10.0. The van der Waals surface area contributed by atoms with Crippen molar-refractivity contribution in [1.82, 2.24) is 9.97 Å². The summed E-state index contributed by atoms with van der Waals surface area (Å²) < 4.78 is 0. The van der Waals surface area contributed by atoms with Gasteiger partial charge in [0.05, 0.1) is 12.0 Å². The van der Waals surface area contributed by atoms with Crippen molar-refractivity contribution in [3.63, 3.8) is 0 Å². The van der Waals surface area contributed by atoms with Crippen LogP contribution in [0.3, 0.4) is 0 Å². The van der Waals surface area contributed by atoms with E-state index in [0.717, 1.165) is 0 Å². The smallest absolute Gasteiger partial charge is 0.0925 e. The molecule has 2 heteroatoms. The van der Waals surface area contributed by atoms with Crippen LogP contribution in [0.4, 0.5) is 0 Å². The van der Waals surface area contributed by atoms with Crippen LogP contribution in [0.2, 0.25) is 0 Å². The summed E-state index contributed by atoms with van der Waals surface area (Å²) in [6, 6.07) is 0. The summed E-state index contributed by atoms with van der Waals surface area (Å²) >= 11 is 0. The molecule has 1 heterocycles. The Morgan fingerprint density at radius 3 is 1.70 bits per heavy atom. The minimum atomic E-state index is 1.17. The van der Waals surface area contributed by atoms with Gasteiger partial charge in [0.1, 0.15) is 0 Å². The van der Waals surface area contributed by atoms with Gasteiger partial charge in [0.25, 0.3) is 0 Å². The standard InChI is InChI=1S/C21H40N2/c1-3-5-7-9-11-12-14-16-18-21-20(22-19-23-21)17-15-13-10-8-6-4-2/h19H,3-18H2,1-2H3,(H,22,23). The SMILES string of the molecule is CCCCCCCCCCc1[nH]cnc1CCCCCCCC. The zero-order valence-electron chi connectivity index (χ0n) is 15.8. The molecule has 0 radical (unpaired) electrons. The third kappa shape index (κ3) is 10.6. The molecule has 1 N–H and O–H groups in total. The zero-order chi connectivity index (χ0) is 16.6. The molecule has 0 aromatic carbocycles. The van der Waals surface area contributed by atoms with Crippen molar-refractivity contribution in [2.24, 2.45) is 0 Å². The van der Waals surface area contributed by atoms with Crippen molar-refractivity contribution in [2.75, 3.05) is 0 Å². The quantitative estimate of drug-likeness (QED) is 0.326. The second kappa shape index (κ2) is 14.8. The van der Waals surface area contributed by atoms with Crippen LogP contribution < -0.4 is 0 Å². The van der Waals surface area contributed by atoms with E-state index in [4.69, 9.17) is 0 Å². The summed E-state index contributed by atoms with van der Waals surface area (Å²) in [4.78, 5) is 7.92. The summed E-state index contributed by atoms with van der Waals surface area (Å²) in [5, 5.41) is 0. The Labute approximate surface area is 144 Å². The van der Waals surface area contributed by atoms with Gasteiger partial charge in [-0.15, -0.1) is 0 Å². The largest absolute Gasteiger partial charge is 0.348 e. The molecule has 134 valence electrons. The number of hydrogen-bond donors (Lipinski definition) is 1. The van der Waals surface area contributed by atoms with Gasteiger partial charge < -0.3 is 4.98 Å². The van der Waals surface area contributed by atoms with Crippen molar-refractivity contribution in [1.29, 1.82) is 0 Å². The average Bonchev–Trinajstić information content (AvgIpc) is 3.01. The van der Waals surface area contributed by atoms with E-state index in [1.165, 1.54) is 114 Å². The van der Waals surface area contributed by atoms with Gasteiger partial charge in [0, 0.05) is 5.69 Å². The number of hydrogen-bond acceptors (Lipinski definition) is 1. The third-order valence-corrected chi connectivity index (χ3v) is 4.85. The number of nitrogens with one attached hydrogen (secondary N) is 1. The highest BCUT2D eigenvalue weighted by molar-refractivity contribution is 5.11. The van der Waals surface area contributed by atoms with Gasteiger partial charge >= 0.3 is 0 Å². The molecule has 1 aromatic rings. The molecule has 0 aliphatic carbocycles. The second-order valence-electron chi connectivity index (χ2n) is 7.07. The number of H-pyrrole nitrogens is 1. The first-order chi connectivity index (χ1) is 11.4. The van der Waals surface area contributed by atoms with E-state index in [2.05, 4.69) is 23.8 Å². The van der Waals surface area contributed by atoms with Crippen LogP contribution in [0.25, 0.3) is 0 Å². The number of aromatic amines is 1. The van der Waals surface area contributed by atoms with Crippen molar-refractivity contribution in [2.45, 2.75) is 117 Å². The molecular formula is C21H40N2. The van der Waals surface area contributed by atoms with Gasteiger partial charge in [-0.05, 0) is 25.7 Å². The van der Waals surface area contributed by atoms with Crippen molar-refractivity contribution in [3.05, 3.63) is 17.7 Å². The van der Waals surface area contributed by atoms with E-state index in [-0.39, 0.29) is 0 Å². The molecule has 1 aromatic heterocycles. The molecule has 0 amide bonds. The first kappa shape index (κ1) is 20.3. The van der Waals surface area contributed by atoms with Crippen LogP contribution >= 0.6 is 0 Å². The lowest BCUT2D eigenvalue weighted by molar-refractivity contribution is 0.572. The minimum absolute atomic E-state index is 1.17. The summed E-state index contributed by atoms with van der Waals surface area (Å²) in [6.45, 7) is 4.56. The molecule has 0 fully saturated rings. The Kier molecular flexibility index (Phi) is 13.0. The fourth-order valence-electron chi connectivity index (χ4n) is 3.29. The predicted molar refractivity (Wildman–Crippen MR) is 102 cm³/mol. The van der Waals surface area contributed by atoms with Crippen molar-refractivity contribution in [3.8, 4) is 0 Å². The number of aryl methyl sites for hydroxylation is 2. The van der Waals surface area contributed by atoms with Crippen molar-refractivity contribution >= 4 is 0 Å². The maximum atomic E-state index is 4.54. The van der Waals surface area contributed by atoms with Gasteiger partial charge in [0.2, 0.25) is 0 Å². The lowest BCUT2D eigenvalue weighted by Crippen LogP contribution is -1.95. The number of unbranched alkanes of at least 4 members (excludes halogenated alkanes) is 12. The molecule has 0 atom stereocenters. The van der Waals surface area contributed by atoms with E-state index in [1.54, 1.807) is 0 Å². The maximum Gasteiger partial charge on any atom is 0.0925 e. The van der Waals surface area contributed by atoms with Gasteiger partial charge in [-0.3, -0.25) is 0 Å². The van der Waals surface area contributed by atoms with Gasteiger partial charge in [-0.2, -0.15) is 0 Å². The molecule has 0 unspecified atom stereocenters. The molecule has 0 saturated heterocycles. The van der Waals surface area contributed by atoms with E-state index < -0.39 is 0 Å². The van der Waals surface area contributed by atoms with E-state index in [1.807, 2.05) is 6.33 Å². The highest BCUT2D eigenvalue weighted by Gasteiger charge is 2.05. The first-order valence-corrected chi connectivity index (χ1v) is 10.4. The van der Waals surface area contributed by atoms with E-state index in [9.17, 15) is 0 Å². The molecule has 0 bridgehead atoms. The van der Waals surface area contributed by atoms with Gasteiger partial charge in [-0.25, -0.2) is 4.98 Å². The minimum Gasteiger partial charge on any atom is -0.348 e. The predicted octanol–water partition coefficient (Wildman–Crippen LogP) is 7.00. The summed E-state index contributed by atoms with van der Waals surface area (Å²) in [5.41, 5.74) is 2.74. The van der Waals surface area contributed by atoms with Crippen LogP contribution in [0, 0.1) is 0 Å². The second-order valence-corrected chi connectivity index (χ2v) is 7.07. The highest BCUT2D eigenvalue weighted by atomic mass is 14.9. The van der Waals surface area contributed by atoms with Crippen LogP contribution in [0.1, 0.15) is 115 Å². The Balaban J connectivity index is 2.03. The summed E-state index contributed by atoms with van der Waals surface area (Å²) in [7, 11) is 0. The molecule has 2 nitrogen and oxygen atoms in total. The van der Waals surface area contributed by atoms with E-state index in [0.29, 0.717) is 0 Å². The number of rotatable bonds is 16. The first-order valence-electron chi connectivity index (χ1n) is 10.4. The third-order valence-electron chi connectivity index (χ3n) is 4.85. The number of imidazole rings is 1. The monoisotopic (exact) mass is 320 g/mol. The zero-order valence-corrected chi connectivity index (χ0v) is 15.8. The van der Waals surface area contributed by atoms with Crippen LogP contribution in [-0.2, 0) is 12.8 Å². The average molecular weight is 321 g/mol. The van der Waals surface area contributed by atoms with E-state index >= 15 is 0 Å². The Morgan fingerprint density at radius 2 is 1.13 bits per heavy atom. The Morgan fingerprint density at radius 1 is 0.652 bits per heavy atom. The highest BCUT2D eigenvalue weighted by Crippen LogP contribution is 2.14. The molecule has 1 rings (SSSR count). The number of nitrogens with zero attached hydrogens (tertiary/aromatic N) is 1. The Bertz CT molecular complexity index is 356. The molecule has 0 aliphatic rings. The Hall–Kier alpha value is -0.790. The van der Waals surface area contributed by atoms with Crippen LogP contribution in [0.5, 0.6) is 0 Å². The van der Waals surface area contributed by atoms with Crippen LogP contribution in [0.15, 0.2) is 6.33 Å². The molecule has 0 spiro atoms. The topological polar surface area (TPSA) is 28.7 Å². The summed E-state index contributed by atoms with van der Waals surface area (Å²) in [5.74, 6) is 0. The van der Waals surface area contributed by atoms with Crippen LogP contribution in [-0.4, -0.2) is 9.97 Å². The lowest BCUT2D eigenvalue weighted by Gasteiger charge is -2.04. The van der Waals surface area contributed by atoms with Gasteiger partial charge in [-0.1, -0.05) is 90.9 Å². The number of aromatic nitrogens is 2. The fraction of sp³-hybridized carbons (Fsp3) is 0.857. The molecular weight excluding hydrogens is 280 g/mol.